The van der Waals surface area contributed by atoms with E-state index in [1.54, 1.807) is 12.4 Å². The van der Waals surface area contributed by atoms with Crippen LogP contribution in [0.1, 0.15) is 76.1 Å². The molecule has 2 aliphatic rings. The maximum absolute atomic E-state index is 12.4. The largest absolute Gasteiger partial charge is 0.444 e. The molecule has 2 aromatic rings. The van der Waals surface area contributed by atoms with Crippen molar-refractivity contribution in [1.82, 2.24) is 14.8 Å². The molecule has 0 saturated carbocycles. The maximum Gasteiger partial charge on any atom is 0.410 e. The number of aliphatic hydroxyl groups is 2. The smallest absolute Gasteiger partial charge is 0.410 e. The second-order valence-electron chi connectivity index (χ2n) is 12.6. The van der Waals surface area contributed by atoms with Crippen LogP contribution in [-0.2, 0) is 10.3 Å². The van der Waals surface area contributed by atoms with Gasteiger partial charge in [0.25, 0.3) is 0 Å². The van der Waals surface area contributed by atoms with Gasteiger partial charge in [-0.2, -0.15) is 0 Å². The molecule has 0 spiro atoms. The molecule has 2 fully saturated rings. The number of hydrogen-bond acceptors (Lipinski definition) is 6. The van der Waals surface area contributed by atoms with Crippen molar-refractivity contribution in [3.8, 4) is 11.8 Å². The summed E-state index contributed by atoms with van der Waals surface area (Å²) in [6.45, 7) is 13.8. The average molecular weight is 520 g/mol. The predicted molar refractivity (Wildman–Crippen MR) is 148 cm³/mol. The number of nitrogens with zero attached hydrogens (tertiary/aromatic N) is 3. The SMILES string of the molecule is CC(C)c1ccc([C@](O)(c2cncc(C#CC3(O)CCN(C(=O)OC(C)(C)C)C3)c2)C2(C)CN(C)C2)cc1. The van der Waals surface area contributed by atoms with E-state index in [9.17, 15) is 15.0 Å². The van der Waals surface area contributed by atoms with Crippen LogP contribution in [-0.4, -0.2) is 75.5 Å². The first-order valence-corrected chi connectivity index (χ1v) is 13.3. The molecule has 1 unspecified atom stereocenters. The lowest BCUT2D eigenvalue weighted by Crippen LogP contribution is -2.63. The minimum atomic E-state index is -1.33. The Morgan fingerprint density at radius 3 is 2.34 bits per heavy atom. The summed E-state index contributed by atoms with van der Waals surface area (Å²) in [5, 5.41) is 23.5. The van der Waals surface area contributed by atoms with Crippen LogP contribution >= 0.6 is 0 Å². The van der Waals surface area contributed by atoms with Crippen LogP contribution in [0.2, 0.25) is 0 Å². The van der Waals surface area contributed by atoms with Crippen molar-refractivity contribution in [1.29, 1.82) is 0 Å². The molecule has 204 valence electrons. The van der Waals surface area contributed by atoms with Crippen LogP contribution in [0.15, 0.2) is 42.7 Å². The number of aromatic nitrogens is 1. The number of hydrogen-bond donors (Lipinski definition) is 2. The lowest BCUT2D eigenvalue weighted by molar-refractivity contribution is -0.127. The van der Waals surface area contributed by atoms with Gasteiger partial charge in [0.05, 0.1) is 6.54 Å². The highest BCUT2D eigenvalue weighted by Crippen LogP contribution is 2.50. The van der Waals surface area contributed by atoms with Crippen molar-refractivity contribution in [2.75, 3.05) is 33.2 Å². The zero-order chi connectivity index (χ0) is 27.9. The fourth-order valence-electron chi connectivity index (χ4n) is 5.62. The lowest BCUT2D eigenvalue weighted by Gasteiger charge is -2.55. The van der Waals surface area contributed by atoms with Crippen LogP contribution in [0.5, 0.6) is 0 Å². The molecule has 2 saturated heterocycles. The monoisotopic (exact) mass is 519 g/mol. The predicted octanol–water partition coefficient (Wildman–Crippen LogP) is 4.12. The molecule has 1 amide bonds. The fourth-order valence-corrected chi connectivity index (χ4v) is 5.62. The van der Waals surface area contributed by atoms with Crippen molar-refractivity contribution in [3.63, 3.8) is 0 Å². The molecule has 2 aliphatic heterocycles. The highest BCUT2D eigenvalue weighted by molar-refractivity contribution is 5.69. The molecule has 0 bridgehead atoms. The Morgan fingerprint density at radius 2 is 1.76 bits per heavy atom. The number of β-amino-alcohol motifs (C(OH)–C–C–N with tert-alkyl or cyclic N) is 1. The highest BCUT2D eigenvalue weighted by atomic mass is 16.6. The second kappa shape index (κ2) is 10.00. The summed E-state index contributed by atoms with van der Waals surface area (Å²) in [6.07, 6.45) is 3.23. The highest BCUT2D eigenvalue weighted by Gasteiger charge is 2.55. The summed E-state index contributed by atoms with van der Waals surface area (Å²) in [6, 6.07) is 10.1. The summed E-state index contributed by atoms with van der Waals surface area (Å²) in [5.74, 6) is 6.42. The van der Waals surface area contributed by atoms with E-state index in [4.69, 9.17) is 4.74 Å². The van der Waals surface area contributed by atoms with Gasteiger partial charge in [-0.3, -0.25) is 4.98 Å². The Balaban J connectivity index is 1.62. The summed E-state index contributed by atoms with van der Waals surface area (Å²) in [7, 11) is 2.05. The molecular formula is C31H41N3O4. The van der Waals surface area contributed by atoms with Gasteiger partial charge in [0.1, 0.15) is 16.8 Å². The number of rotatable bonds is 4. The molecule has 2 N–H and O–H groups in total. The molecule has 38 heavy (non-hydrogen) atoms. The number of amides is 1. The van der Waals surface area contributed by atoms with Crippen molar-refractivity contribution >= 4 is 6.09 Å². The molecule has 3 heterocycles. The van der Waals surface area contributed by atoms with E-state index in [1.165, 1.54) is 10.5 Å². The average Bonchev–Trinajstić information content (AvgIpc) is 3.23. The van der Waals surface area contributed by atoms with E-state index in [1.807, 2.05) is 46.0 Å². The molecule has 0 radical (unpaired) electrons. The maximum atomic E-state index is 12.4. The van der Waals surface area contributed by atoms with Gasteiger partial charge in [0.2, 0.25) is 0 Å². The van der Waals surface area contributed by atoms with Gasteiger partial charge in [-0.1, -0.05) is 56.9 Å². The Hall–Kier alpha value is -2.92. The first-order valence-electron chi connectivity index (χ1n) is 13.3. The van der Waals surface area contributed by atoms with Crippen LogP contribution in [0.3, 0.4) is 0 Å². The summed E-state index contributed by atoms with van der Waals surface area (Å²) in [5.41, 5.74) is -0.302. The van der Waals surface area contributed by atoms with Crippen LogP contribution in [0.4, 0.5) is 4.79 Å². The Kier molecular flexibility index (Phi) is 7.39. The molecule has 0 aliphatic carbocycles. The van der Waals surface area contributed by atoms with E-state index in [-0.39, 0.29) is 6.54 Å². The number of pyridine rings is 1. The number of likely N-dealkylation sites (tertiary alicyclic amines) is 2. The van der Waals surface area contributed by atoms with Crippen LogP contribution in [0.25, 0.3) is 0 Å². The van der Waals surface area contributed by atoms with E-state index in [2.05, 4.69) is 54.6 Å². The van der Waals surface area contributed by atoms with Gasteiger partial charge in [-0.25, -0.2) is 4.79 Å². The molecular weight excluding hydrogens is 478 g/mol. The van der Waals surface area contributed by atoms with Crippen molar-refractivity contribution in [2.24, 2.45) is 5.41 Å². The second-order valence-corrected chi connectivity index (χ2v) is 12.6. The third-order valence-corrected chi connectivity index (χ3v) is 7.60. The molecule has 2 atom stereocenters. The zero-order valence-electron chi connectivity index (χ0n) is 23.7. The molecule has 4 rings (SSSR count). The standard InChI is InChI=1S/C31H41N3O4/c1-22(2)24-8-10-25(11-9-24)31(37,29(6)19-33(7)20-29)26-16-23(17-32-18-26)12-13-30(36)14-15-34(21-30)27(35)38-28(3,4)5/h8-11,16-18,22,36-37H,14-15,19-21H2,1-7H3/t30?,31-/m0/s1. The number of ether oxygens (including phenoxy) is 1. The third-order valence-electron chi connectivity index (χ3n) is 7.60. The van der Waals surface area contributed by atoms with Gasteiger partial charge in [-0.05, 0) is 50.9 Å². The van der Waals surface area contributed by atoms with E-state index in [0.29, 0.717) is 30.0 Å². The van der Waals surface area contributed by atoms with Gasteiger partial charge in [-0.15, -0.1) is 0 Å². The van der Waals surface area contributed by atoms with E-state index < -0.39 is 28.3 Å². The number of carbonyl (C=O) groups is 1. The normalized spacial score (nSPS) is 22.8. The van der Waals surface area contributed by atoms with Crippen molar-refractivity contribution < 1.29 is 19.7 Å². The fraction of sp³-hybridized carbons (Fsp3) is 0.548. The van der Waals surface area contributed by atoms with Crippen LogP contribution in [0, 0.1) is 17.3 Å². The lowest BCUT2D eigenvalue weighted by atomic mass is 9.62. The third kappa shape index (κ3) is 5.58. The molecule has 1 aromatic carbocycles. The van der Waals surface area contributed by atoms with Gasteiger partial charge < -0.3 is 24.7 Å². The first kappa shape index (κ1) is 28.1. The summed E-state index contributed by atoms with van der Waals surface area (Å²) in [4.78, 5) is 20.5. The summed E-state index contributed by atoms with van der Waals surface area (Å²) < 4.78 is 5.44. The minimum absolute atomic E-state index is 0.0819. The number of carbonyl (C=O) groups excluding carboxylic acids is 1. The minimum Gasteiger partial charge on any atom is -0.444 e. The van der Waals surface area contributed by atoms with Gasteiger partial charge in [0.15, 0.2) is 0 Å². The van der Waals surface area contributed by atoms with E-state index in [0.717, 1.165) is 18.7 Å². The van der Waals surface area contributed by atoms with E-state index >= 15 is 0 Å². The van der Waals surface area contributed by atoms with Crippen LogP contribution < -0.4 is 0 Å². The van der Waals surface area contributed by atoms with Gasteiger partial charge in [0, 0.05) is 55.0 Å². The quantitative estimate of drug-likeness (QED) is 0.591. The summed E-state index contributed by atoms with van der Waals surface area (Å²) >= 11 is 0. The Bertz CT molecular complexity index is 1230. The van der Waals surface area contributed by atoms with Gasteiger partial charge >= 0.3 is 6.09 Å². The number of benzene rings is 1. The van der Waals surface area contributed by atoms with Crippen molar-refractivity contribution in [2.45, 2.75) is 70.7 Å². The molecule has 7 nitrogen and oxygen atoms in total. The Morgan fingerprint density at radius 1 is 1.11 bits per heavy atom. The molecule has 1 aromatic heterocycles. The zero-order valence-corrected chi connectivity index (χ0v) is 23.7. The first-order chi connectivity index (χ1) is 17.6. The molecule has 7 heteroatoms. The Labute approximate surface area is 226 Å². The topological polar surface area (TPSA) is 86.1 Å². The van der Waals surface area contributed by atoms with Crippen molar-refractivity contribution in [3.05, 3.63) is 65.0 Å².